The summed E-state index contributed by atoms with van der Waals surface area (Å²) in [5.74, 6) is -1.19. The fourth-order valence-electron chi connectivity index (χ4n) is 2.27. The zero-order chi connectivity index (χ0) is 16.4. The molecule has 1 aromatic rings. The van der Waals surface area contributed by atoms with Gasteiger partial charge in [0.15, 0.2) is 0 Å². The van der Waals surface area contributed by atoms with E-state index in [1.54, 1.807) is 6.08 Å². The highest BCUT2D eigenvalue weighted by Gasteiger charge is 2.40. The van der Waals surface area contributed by atoms with Crippen LogP contribution >= 0.6 is 24.0 Å². The molecule has 5 nitrogen and oxygen atoms in total. The van der Waals surface area contributed by atoms with Gasteiger partial charge < -0.3 is 9.67 Å². The Morgan fingerprint density at radius 3 is 2.68 bits per heavy atom. The van der Waals surface area contributed by atoms with Crippen LogP contribution in [0.1, 0.15) is 25.8 Å². The van der Waals surface area contributed by atoms with Crippen LogP contribution in [0.25, 0.3) is 6.08 Å². The molecular formula is C15H18N2O3S2. The van der Waals surface area contributed by atoms with Gasteiger partial charge in [-0.1, -0.05) is 37.8 Å². The van der Waals surface area contributed by atoms with Crippen molar-refractivity contribution in [3.63, 3.8) is 0 Å². The third-order valence-corrected chi connectivity index (χ3v) is 4.60. The third kappa shape index (κ3) is 3.59. The van der Waals surface area contributed by atoms with Crippen LogP contribution in [-0.2, 0) is 16.6 Å². The van der Waals surface area contributed by atoms with E-state index in [4.69, 9.17) is 12.2 Å². The minimum absolute atomic E-state index is 0.156. The Hall–Kier alpha value is -1.60. The van der Waals surface area contributed by atoms with Crippen LogP contribution in [0.2, 0.25) is 0 Å². The molecule has 1 N–H and O–H groups in total. The highest BCUT2D eigenvalue weighted by atomic mass is 32.2. The summed E-state index contributed by atoms with van der Waals surface area (Å²) in [6.07, 6.45) is 5.88. The number of hydrogen-bond acceptors (Lipinski definition) is 4. The molecule has 0 bridgehead atoms. The van der Waals surface area contributed by atoms with Gasteiger partial charge in [0.25, 0.3) is 5.91 Å². The zero-order valence-electron chi connectivity index (χ0n) is 12.6. The standard InChI is InChI=1S/C15H18N2O3S2/c1-9(2)6-11(14(19)20)17-13(18)12(22-15(17)21)7-10-4-5-16(3)8-10/h4-5,7-9,11H,6H2,1-3H3,(H,19,20)/b12-7+/t11-/m0/s1. The molecule has 22 heavy (non-hydrogen) atoms. The van der Waals surface area contributed by atoms with Gasteiger partial charge in [-0.15, -0.1) is 0 Å². The highest BCUT2D eigenvalue weighted by Crippen LogP contribution is 2.35. The number of carboxylic acids is 1. The van der Waals surface area contributed by atoms with Crippen molar-refractivity contribution in [3.8, 4) is 0 Å². The summed E-state index contributed by atoms with van der Waals surface area (Å²) in [5, 5.41) is 9.41. The molecule has 1 aromatic heterocycles. The summed E-state index contributed by atoms with van der Waals surface area (Å²) in [6, 6.07) is 0.976. The molecule has 1 amide bonds. The Kier molecular flexibility index (Phi) is 5.08. The lowest BCUT2D eigenvalue weighted by atomic mass is 10.0. The smallest absolute Gasteiger partial charge is 0.326 e. The van der Waals surface area contributed by atoms with Gasteiger partial charge in [0.1, 0.15) is 10.4 Å². The number of thiocarbonyl (C=S) groups is 1. The van der Waals surface area contributed by atoms with Gasteiger partial charge in [-0.3, -0.25) is 9.69 Å². The lowest BCUT2D eigenvalue weighted by molar-refractivity contribution is -0.145. The van der Waals surface area contributed by atoms with Gasteiger partial charge in [0.05, 0.1) is 4.91 Å². The number of carbonyl (C=O) groups is 2. The Morgan fingerprint density at radius 2 is 2.18 bits per heavy atom. The van der Waals surface area contributed by atoms with E-state index in [0.29, 0.717) is 15.6 Å². The van der Waals surface area contributed by atoms with Gasteiger partial charge in [-0.05, 0) is 30.0 Å². The maximum atomic E-state index is 12.5. The molecule has 2 rings (SSSR count). The number of carboxylic acid groups (broad SMARTS) is 1. The van der Waals surface area contributed by atoms with Crippen molar-refractivity contribution < 1.29 is 14.7 Å². The highest BCUT2D eigenvalue weighted by molar-refractivity contribution is 8.26. The quantitative estimate of drug-likeness (QED) is 0.661. The Labute approximate surface area is 139 Å². The van der Waals surface area contributed by atoms with Crippen molar-refractivity contribution in [3.05, 3.63) is 28.9 Å². The number of aromatic nitrogens is 1. The van der Waals surface area contributed by atoms with Gasteiger partial charge in [-0.2, -0.15) is 0 Å². The molecule has 1 saturated heterocycles. The maximum absolute atomic E-state index is 12.5. The van der Waals surface area contributed by atoms with E-state index in [1.165, 1.54) is 4.90 Å². The summed E-state index contributed by atoms with van der Waals surface area (Å²) in [4.78, 5) is 25.7. The third-order valence-electron chi connectivity index (χ3n) is 3.27. The Morgan fingerprint density at radius 1 is 1.50 bits per heavy atom. The molecule has 0 spiro atoms. The molecular weight excluding hydrogens is 320 g/mol. The van der Waals surface area contributed by atoms with Crippen molar-refractivity contribution in [2.24, 2.45) is 13.0 Å². The Balaban J connectivity index is 2.27. The summed E-state index contributed by atoms with van der Waals surface area (Å²) in [7, 11) is 1.89. The van der Waals surface area contributed by atoms with Gasteiger partial charge >= 0.3 is 5.97 Å². The van der Waals surface area contributed by atoms with Gasteiger partial charge in [0.2, 0.25) is 0 Å². The summed E-state index contributed by atoms with van der Waals surface area (Å²) >= 11 is 6.38. The maximum Gasteiger partial charge on any atom is 0.326 e. The molecule has 0 radical (unpaired) electrons. The van der Waals surface area contributed by atoms with Crippen LogP contribution < -0.4 is 0 Å². The van der Waals surface area contributed by atoms with Crippen LogP contribution in [-0.4, -0.2) is 36.8 Å². The van der Waals surface area contributed by atoms with E-state index >= 15 is 0 Å². The number of aliphatic carboxylic acids is 1. The Bertz CT molecular complexity index is 649. The molecule has 118 valence electrons. The molecule has 7 heteroatoms. The predicted octanol–water partition coefficient (Wildman–Crippen LogP) is 2.73. The van der Waals surface area contributed by atoms with Gasteiger partial charge in [0, 0.05) is 19.4 Å². The van der Waals surface area contributed by atoms with Crippen molar-refractivity contribution in [2.75, 3.05) is 0 Å². The zero-order valence-corrected chi connectivity index (χ0v) is 14.3. The fraction of sp³-hybridized carbons (Fsp3) is 0.400. The van der Waals surface area contributed by atoms with Crippen LogP contribution in [0, 0.1) is 5.92 Å². The average Bonchev–Trinajstić information content (AvgIpc) is 2.92. The number of nitrogens with zero attached hydrogens (tertiary/aromatic N) is 2. The lowest BCUT2D eigenvalue weighted by Crippen LogP contribution is -2.44. The summed E-state index contributed by atoms with van der Waals surface area (Å²) < 4.78 is 2.19. The largest absolute Gasteiger partial charge is 0.480 e. The normalized spacial score (nSPS) is 18.5. The van der Waals surface area contributed by atoms with E-state index in [-0.39, 0.29) is 11.8 Å². The van der Waals surface area contributed by atoms with Crippen LogP contribution in [0.4, 0.5) is 0 Å². The molecule has 0 aliphatic carbocycles. The molecule has 1 aliphatic rings. The number of aryl methyl sites for hydroxylation is 1. The monoisotopic (exact) mass is 338 g/mol. The number of hydrogen-bond donors (Lipinski definition) is 1. The van der Waals surface area contributed by atoms with Crippen molar-refractivity contribution in [2.45, 2.75) is 26.3 Å². The first-order valence-corrected chi connectivity index (χ1v) is 8.14. The van der Waals surface area contributed by atoms with Crippen molar-refractivity contribution in [1.29, 1.82) is 0 Å². The number of rotatable bonds is 5. The average molecular weight is 338 g/mol. The molecule has 1 fully saturated rings. The summed E-state index contributed by atoms with van der Waals surface area (Å²) in [5.41, 5.74) is 0.888. The van der Waals surface area contributed by atoms with Gasteiger partial charge in [-0.25, -0.2) is 4.79 Å². The van der Waals surface area contributed by atoms with E-state index in [2.05, 4.69) is 0 Å². The first-order valence-electron chi connectivity index (χ1n) is 6.91. The van der Waals surface area contributed by atoms with Crippen LogP contribution in [0.15, 0.2) is 23.4 Å². The second-order valence-corrected chi connectivity index (χ2v) is 7.32. The number of amides is 1. The molecule has 0 unspecified atom stereocenters. The number of carbonyl (C=O) groups excluding carboxylic acids is 1. The second-order valence-electron chi connectivity index (χ2n) is 5.65. The summed E-state index contributed by atoms with van der Waals surface area (Å²) in [6.45, 7) is 3.85. The molecule has 0 aromatic carbocycles. The van der Waals surface area contributed by atoms with Crippen LogP contribution in [0.5, 0.6) is 0 Å². The van der Waals surface area contributed by atoms with Crippen LogP contribution in [0.3, 0.4) is 0 Å². The second kappa shape index (κ2) is 6.66. The fourth-order valence-corrected chi connectivity index (χ4v) is 3.63. The lowest BCUT2D eigenvalue weighted by Gasteiger charge is -2.24. The number of thioether (sulfide) groups is 1. The van der Waals surface area contributed by atoms with E-state index in [0.717, 1.165) is 17.3 Å². The minimum atomic E-state index is -1.02. The molecule has 2 heterocycles. The molecule has 1 atom stereocenters. The SMILES string of the molecule is CC(C)C[C@@H](C(=O)O)N1C(=O)/C(=C\c2ccn(C)c2)SC1=S. The van der Waals surface area contributed by atoms with Crippen molar-refractivity contribution in [1.82, 2.24) is 9.47 Å². The van der Waals surface area contributed by atoms with E-state index in [1.807, 2.05) is 43.9 Å². The topological polar surface area (TPSA) is 62.5 Å². The molecule has 1 aliphatic heterocycles. The first-order chi connectivity index (χ1) is 10.3. The predicted molar refractivity (Wildman–Crippen MR) is 91.3 cm³/mol. The van der Waals surface area contributed by atoms with E-state index < -0.39 is 12.0 Å². The van der Waals surface area contributed by atoms with Crippen molar-refractivity contribution >= 4 is 46.3 Å². The first kappa shape index (κ1) is 16.8. The minimum Gasteiger partial charge on any atom is -0.480 e. The van der Waals surface area contributed by atoms with E-state index in [9.17, 15) is 14.7 Å². The molecule has 0 saturated carbocycles.